The third-order valence-corrected chi connectivity index (χ3v) is 6.92. The first-order valence-corrected chi connectivity index (χ1v) is 9.67. The van der Waals surface area contributed by atoms with E-state index in [4.69, 9.17) is 5.73 Å². The zero-order valence-corrected chi connectivity index (χ0v) is 11.8. The Morgan fingerprint density at radius 3 is 2.40 bits per heavy atom. The molecule has 1 rings (SSSR count). The van der Waals surface area contributed by atoms with Crippen LogP contribution in [-0.2, 0) is 8.10 Å². The predicted molar refractivity (Wildman–Crippen MR) is 64.0 cm³/mol. The fraction of sp³-hybridized carbons (Fsp3) is 0.400. The van der Waals surface area contributed by atoms with Crippen molar-refractivity contribution in [2.24, 2.45) is 5.73 Å². The molecule has 1 aromatic rings. The summed E-state index contributed by atoms with van der Waals surface area (Å²) in [5, 5.41) is 0. The minimum atomic E-state index is -2.87. The molecule has 3 nitrogen and oxygen atoms in total. The summed E-state index contributed by atoms with van der Waals surface area (Å²) in [6, 6.07) is 5.76. The molecule has 83 valence electrons. The predicted octanol–water partition coefficient (Wildman–Crippen LogP) is 0.304. The molecule has 0 unspecified atom stereocenters. The summed E-state index contributed by atoms with van der Waals surface area (Å²) in [6.07, 6.45) is 1.28. The molecule has 5 heteroatoms. The van der Waals surface area contributed by atoms with Crippen LogP contribution in [0.4, 0.5) is 0 Å². The Labute approximate surface area is 96.7 Å². The molecule has 1 aromatic carbocycles. The van der Waals surface area contributed by atoms with Crippen LogP contribution in [0.2, 0.25) is 0 Å². The topological polar surface area (TPSA) is 60.2 Å². The fourth-order valence-corrected chi connectivity index (χ4v) is 5.64. The minimum absolute atomic E-state index is 0.00719. The molecule has 15 heavy (non-hydrogen) atoms. The monoisotopic (exact) mass is 288 g/mol. The van der Waals surface area contributed by atoms with E-state index in [1.165, 1.54) is 6.26 Å². The Bertz CT molecular complexity index is 454. The van der Waals surface area contributed by atoms with Crippen LogP contribution in [0.15, 0.2) is 18.2 Å². The van der Waals surface area contributed by atoms with Gasteiger partial charge in [0.15, 0.2) is 0 Å². The summed E-state index contributed by atoms with van der Waals surface area (Å²) in [7, 11) is -2.87. The normalized spacial score (nSPS) is 14.7. The molecule has 0 heterocycles. The molecule has 1 radical (unpaired) electrons. The van der Waals surface area contributed by atoms with Crippen molar-refractivity contribution in [1.29, 1.82) is 0 Å². The molecule has 0 saturated heterocycles. The van der Waals surface area contributed by atoms with E-state index in [1.54, 1.807) is 0 Å². The van der Waals surface area contributed by atoms with Crippen molar-refractivity contribution in [2.75, 3.05) is 6.26 Å². The summed E-state index contributed by atoms with van der Waals surface area (Å²) < 4.78 is 23.3. The van der Waals surface area contributed by atoms with Crippen molar-refractivity contribution in [3.05, 3.63) is 29.3 Å². The van der Waals surface area contributed by atoms with Crippen LogP contribution < -0.4 is 10.1 Å². The van der Waals surface area contributed by atoms with Crippen LogP contribution in [0.5, 0.6) is 0 Å². The summed E-state index contributed by atoms with van der Waals surface area (Å²) in [6.45, 7) is 3.85. The van der Waals surface area contributed by atoms with Gasteiger partial charge in [0.25, 0.3) is 0 Å². The van der Waals surface area contributed by atoms with Gasteiger partial charge in [-0.15, -0.1) is 0 Å². The Hall–Kier alpha value is -0.312. The Kier molecular flexibility index (Phi) is 3.98. The summed E-state index contributed by atoms with van der Waals surface area (Å²) >= 11 is -0.787. The maximum atomic E-state index is 11.2. The molecule has 0 aliphatic heterocycles. The van der Waals surface area contributed by atoms with E-state index < -0.39 is 22.7 Å². The number of benzene rings is 1. The number of rotatable bonds is 3. The van der Waals surface area contributed by atoms with Gasteiger partial charge in [0.05, 0.1) is 0 Å². The van der Waals surface area contributed by atoms with Crippen LogP contribution in [0.3, 0.4) is 0 Å². The van der Waals surface area contributed by atoms with Crippen LogP contribution in [0.1, 0.15) is 24.1 Å². The van der Waals surface area contributed by atoms with Crippen LogP contribution in [0, 0.1) is 6.92 Å². The van der Waals surface area contributed by atoms with Gasteiger partial charge in [0, 0.05) is 0 Å². The zero-order valence-electron chi connectivity index (χ0n) is 9.06. The molecule has 2 N–H and O–H groups in total. The quantitative estimate of drug-likeness (QED) is 0.814. The van der Waals surface area contributed by atoms with Crippen LogP contribution >= 0.6 is 0 Å². The standard InChI is InChI=1S/C10H15AsNO2S/c1-7-6-9(8(2)12)4-5-10(7)11-15(3,13)14/h4-6,8H,12H2,1-3H3/t8-/m1/s1. The second kappa shape index (κ2) is 4.69. The molecule has 0 spiro atoms. The van der Waals surface area contributed by atoms with E-state index in [2.05, 4.69) is 0 Å². The van der Waals surface area contributed by atoms with Gasteiger partial charge >= 0.3 is 96.7 Å². The Balaban J connectivity index is 3.04. The van der Waals surface area contributed by atoms with Gasteiger partial charge in [0.1, 0.15) is 0 Å². The van der Waals surface area contributed by atoms with E-state index in [0.717, 1.165) is 15.5 Å². The third kappa shape index (κ3) is 3.98. The van der Waals surface area contributed by atoms with E-state index in [1.807, 2.05) is 32.0 Å². The van der Waals surface area contributed by atoms with Crippen molar-refractivity contribution < 1.29 is 8.42 Å². The molecule has 0 bridgehead atoms. The van der Waals surface area contributed by atoms with Gasteiger partial charge in [-0.3, -0.25) is 0 Å². The van der Waals surface area contributed by atoms with E-state index >= 15 is 0 Å². The zero-order chi connectivity index (χ0) is 11.6. The molecule has 0 saturated carbocycles. The molecule has 0 aromatic heterocycles. The number of hydrogen-bond acceptors (Lipinski definition) is 3. The number of aryl methyl sites for hydroxylation is 1. The van der Waals surface area contributed by atoms with Crippen LogP contribution in [0.25, 0.3) is 0 Å². The van der Waals surface area contributed by atoms with Gasteiger partial charge < -0.3 is 0 Å². The van der Waals surface area contributed by atoms with Crippen molar-refractivity contribution in [3.63, 3.8) is 0 Å². The first-order chi connectivity index (χ1) is 6.79. The maximum absolute atomic E-state index is 11.2. The van der Waals surface area contributed by atoms with E-state index in [9.17, 15) is 8.42 Å². The Morgan fingerprint density at radius 2 is 2.00 bits per heavy atom. The Morgan fingerprint density at radius 1 is 1.40 bits per heavy atom. The van der Waals surface area contributed by atoms with Crippen molar-refractivity contribution >= 4 is 27.0 Å². The third-order valence-electron chi connectivity index (χ3n) is 2.01. The summed E-state index contributed by atoms with van der Waals surface area (Å²) in [5.41, 5.74) is 7.82. The van der Waals surface area contributed by atoms with E-state index in [0.29, 0.717) is 0 Å². The molecule has 0 aliphatic carbocycles. The fourth-order valence-electron chi connectivity index (χ4n) is 1.24. The van der Waals surface area contributed by atoms with Gasteiger partial charge in [-0.05, 0) is 0 Å². The molecular formula is C10H15AsNO2S. The molecule has 1 atom stereocenters. The van der Waals surface area contributed by atoms with Gasteiger partial charge in [-0.25, -0.2) is 0 Å². The average molecular weight is 288 g/mol. The SMILES string of the molecule is Cc1cc([C@@H](C)N)ccc1[As]S(C)(=O)=O. The molecule has 0 aliphatic rings. The first kappa shape index (κ1) is 12.8. The van der Waals surface area contributed by atoms with Gasteiger partial charge in [-0.1, -0.05) is 0 Å². The van der Waals surface area contributed by atoms with Gasteiger partial charge in [-0.2, -0.15) is 0 Å². The van der Waals surface area contributed by atoms with Crippen LogP contribution in [-0.4, -0.2) is 29.3 Å². The molecule has 0 fully saturated rings. The van der Waals surface area contributed by atoms with Crippen molar-refractivity contribution in [3.8, 4) is 0 Å². The molecular weight excluding hydrogens is 273 g/mol. The second-order valence-electron chi connectivity index (χ2n) is 3.66. The summed E-state index contributed by atoms with van der Waals surface area (Å²) in [5.74, 6) is 0. The van der Waals surface area contributed by atoms with Crippen molar-refractivity contribution in [1.82, 2.24) is 0 Å². The van der Waals surface area contributed by atoms with Crippen molar-refractivity contribution in [2.45, 2.75) is 19.9 Å². The summed E-state index contributed by atoms with van der Waals surface area (Å²) in [4.78, 5) is 0. The van der Waals surface area contributed by atoms with Gasteiger partial charge in [0.2, 0.25) is 0 Å². The number of hydrogen-bond donors (Lipinski definition) is 1. The average Bonchev–Trinajstić information content (AvgIpc) is 2.05. The molecule has 0 amide bonds. The van der Waals surface area contributed by atoms with E-state index in [-0.39, 0.29) is 6.04 Å². The first-order valence-electron chi connectivity index (χ1n) is 4.59. The second-order valence-corrected chi connectivity index (χ2v) is 11.6. The number of nitrogens with two attached hydrogens (primary N) is 1.